The highest BCUT2D eigenvalue weighted by Crippen LogP contribution is 2.22. The van der Waals surface area contributed by atoms with Gasteiger partial charge in [0.1, 0.15) is 5.82 Å². The van der Waals surface area contributed by atoms with Crippen molar-refractivity contribution < 1.29 is 14.0 Å². The van der Waals surface area contributed by atoms with Gasteiger partial charge in [0.2, 0.25) is 0 Å². The van der Waals surface area contributed by atoms with E-state index in [1.807, 2.05) is 47.4 Å². The summed E-state index contributed by atoms with van der Waals surface area (Å²) in [5.41, 5.74) is 3.30. The van der Waals surface area contributed by atoms with Crippen LogP contribution in [0.2, 0.25) is 0 Å². The Bertz CT molecular complexity index is 1140. The molecule has 5 nitrogen and oxygen atoms in total. The average molecular weight is 444 g/mol. The summed E-state index contributed by atoms with van der Waals surface area (Å²) >= 11 is 0. The van der Waals surface area contributed by atoms with Crippen molar-refractivity contribution >= 4 is 11.8 Å². The van der Waals surface area contributed by atoms with Gasteiger partial charge >= 0.3 is 0 Å². The molecule has 33 heavy (non-hydrogen) atoms. The Hall–Kier alpha value is -3.51. The number of likely N-dealkylation sites (tertiary alicyclic amines) is 2. The highest BCUT2D eigenvalue weighted by Gasteiger charge is 2.35. The lowest BCUT2D eigenvalue weighted by Crippen LogP contribution is -2.62. The standard InChI is InChI=1S/C27H26FN3O2/c28-23-8-4-7-22(15-23)27(33)30-14-13-24(16-30)29-25-17-31(18-25)26(32)21-11-9-20(10-12-21)19-5-2-1-3-6-19/h1-12,15,24-25,29H,13-14,16-18H2/t24-/m0/s1. The molecule has 0 aromatic heterocycles. The Morgan fingerprint density at radius 3 is 2.12 bits per heavy atom. The number of halogens is 1. The number of amides is 2. The molecule has 168 valence electrons. The van der Waals surface area contributed by atoms with Gasteiger partial charge in [0, 0.05) is 49.4 Å². The van der Waals surface area contributed by atoms with Crippen LogP contribution in [-0.2, 0) is 0 Å². The number of nitrogens with zero attached hydrogens (tertiary/aromatic N) is 2. The van der Waals surface area contributed by atoms with Crippen molar-refractivity contribution in [1.29, 1.82) is 0 Å². The third-order valence-electron chi connectivity index (χ3n) is 6.43. The van der Waals surface area contributed by atoms with Gasteiger partial charge in [-0.25, -0.2) is 4.39 Å². The minimum Gasteiger partial charge on any atom is -0.337 e. The van der Waals surface area contributed by atoms with Gasteiger partial charge in [0.05, 0.1) is 0 Å². The normalized spacial score (nSPS) is 18.3. The second-order valence-electron chi connectivity index (χ2n) is 8.76. The van der Waals surface area contributed by atoms with Gasteiger partial charge < -0.3 is 15.1 Å². The molecule has 1 atom stereocenters. The SMILES string of the molecule is O=C(c1ccc(-c2ccccc2)cc1)N1CC(N[C@H]2CCN(C(=O)c3cccc(F)c3)C2)C1. The minimum atomic E-state index is -0.399. The number of benzene rings is 3. The van der Waals surface area contributed by atoms with Crippen molar-refractivity contribution in [2.45, 2.75) is 18.5 Å². The van der Waals surface area contributed by atoms with E-state index in [9.17, 15) is 14.0 Å². The second-order valence-corrected chi connectivity index (χ2v) is 8.76. The Labute approximate surface area is 192 Å². The van der Waals surface area contributed by atoms with Crippen LogP contribution in [-0.4, -0.2) is 59.9 Å². The molecule has 0 unspecified atom stereocenters. The van der Waals surface area contributed by atoms with Gasteiger partial charge in [0.15, 0.2) is 0 Å². The number of carbonyl (C=O) groups excluding carboxylic acids is 2. The zero-order valence-electron chi connectivity index (χ0n) is 18.3. The third-order valence-corrected chi connectivity index (χ3v) is 6.43. The van der Waals surface area contributed by atoms with E-state index < -0.39 is 5.82 Å². The van der Waals surface area contributed by atoms with Crippen molar-refractivity contribution in [2.75, 3.05) is 26.2 Å². The van der Waals surface area contributed by atoms with Crippen molar-refractivity contribution in [3.05, 3.63) is 95.8 Å². The molecule has 1 N–H and O–H groups in total. The predicted octanol–water partition coefficient (Wildman–Crippen LogP) is 3.82. The van der Waals surface area contributed by atoms with Crippen molar-refractivity contribution in [3.8, 4) is 11.1 Å². The first-order valence-electron chi connectivity index (χ1n) is 11.3. The maximum Gasteiger partial charge on any atom is 0.254 e. The summed E-state index contributed by atoms with van der Waals surface area (Å²) in [5, 5.41) is 3.57. The van der Waals surface area contributed by atoms with Crippen LogP contribution in [0, 0.1) is 5.82 Å². The van der Waals surface area contributed by atoms with E-state index in [1.54, 1.807) is 17.0 Å². The summed E-state index contributed by atoms with van der Waals surface area (Å²) in [5.74, 6) is -0.492. The van der Waals surface area contributed by atoms with Crippen molar-refractivity contribution in [3.63, 3.8) is 0 Å². The van der Waals surface area contributed by atoms with Gasteiger partial charge in [-0.1, -0.05) is 48.5 Å². The van der Waals surface area contributed by atoms with Crippen molar-refractivity contribution in [1.82, 2.24) is 15.1 Å². The third kappa shape index (κ3) is 4.66. The van der Waals surface area contributed by atoms with Crippen LogP contribution in [0.4, 0.5) is 4.39 Å². The van der Waals surface area contributed by atoms with E-state index in [1.165, 1.54) is 12.1 Å². The molecule has 2 aliphatic heterocycles. The number of hydrogen-bond acceptors (Lipinski definition) is 3. The fourth-order valence-corrected chi connectivity index (χ4v) is 4.59. The first-order valence-corrected chi connectivity index (χ1v) is 11.3. The van der Waals surface area contributed by atoms with E-state index >= 15 is 0 Å². The molecule has 2 aliphatic rings. The molecule has 0 spiro atoms. The van der Waals surface area contributed by atoms with Gasteiger partial charge in [-0.15, -0.1) is 0 Å². The van der Waals surface area contributed by atoms with Crippen molar-refractivity contribution in [2.24, 2.45) is 0 Å². The molecule has 6 heteroatoms. The molecule has 2 fully saturated rings. The molecular weight excluding hydrogens is 417 g/mol. The number of nitrogens with one attached hydrogen (secondary N) is 1. The summed E-state index contributed by atoms with van der Waals surface area (Å²) in [6, 6.07) is 24.1. The maximum atomic E-state index is 13.4. The number of carbonyl (C=O) groups is 2. The van der Waals surface area contributed by atoms with E-state index in [0.29, 0.717) is 37.3 Å². The lowest BCUT2D eigenvalue weighted by Gasteiger charge is -2.41. The molecule has 2 amide bonds. The Kier molecular flexibility index (Phi) is 5.92. The number of hydrogen-bond donors (Lipinski definition) is 1. The van der Waals surface area contributed by atoms with Gasteiger partial charge in [0.25, 0.3) is 11.8 Å². The van der Waals surface area contributed by atoms with Crippen LogP contribution in [0.3, 0.4) is 0 Å². The summed E-state index contributed by atoms with van der Waals surface area (Å²) < 4.78 is 13.4. The topological polar surface area (TPSA) is 52.7 Å². The molecule has 0 radical (unpaired) electrons. The fraction of sp³-hybridized carbons (Fsp3) is 0.259. The van der Waals surface area contributed by atoms with E-state index in [2.05, 4.69) is 17.4 Å². The molecular formula is C27H26FN3O2. The Morgan fingerprint density at radius 2 is 1.39 bits per heavy atom. The first kappa shape index (κ1) is 21.3. The predicted molar refractivity (Wildman–Crippen MR) is 125 cm³/mol. The maximum absolute atomic E-state index is 13.4. The van der Waals surface area contributed by atoms with Gasteiger partial charge in [-0.3, -0.25) is 9.59 Å². The zero-order chi connectivity index (χ0) is 22.8. The molecule has 2 saturated heterocycles. The largest absolute Gasteiger partial charge is 0.337 e. The molecule has 2 heterocycles. The smallest absolute Gasteiger partial charge is 0.254 e. The van der Waals surface area contributed by atoms with Gasteiger partial charge in [-0.2, -0.15) is 0 Å². The summed E-state index contributed by atoms with van der Waals surface area (Å²) in [4.78, 5) is 29.0. The minimum absolute atomic E-state index is 0.0435. The Morgan fingerprint density at radius 1 is 0.727 bits per heavy atom. The average Bonchev–Trinajstić information content (AvgIpc) is 3.29. The van der Waals surface area contributed by atoms with E-state index in [0.717, 1.165) is 17.5 Å². The zero-order valence-corrected chi connectivity index (χ0v) is 18.3. The second kappa shape index (κ2) is 9.16. The summed E-state index contributed by atoms with van der Waals surface area (Å²) in [6.45, 7) is 2.57. The monoisotopic (exact) mass is 443 g/mol. The van der Waals surface area contributed by atoms with Crippen LogP contribution in [0.15, 0.2) is 78.9 Å². The summed E-state index contributed by atoms with van der Waals surface area (Å²) in [7, 11) is 0. The molecule has 3 aromatic rings. The van der Waals surface area contributed by atoms with E-state index in [-0.39, 0.29) is 23.9 Å². The van der Waals surface area contributed by atoms with E-state index in [4.69, 9.17) is 0 Å². The fourth-order valence-electron chi connectivity index (χ4n) is 4.59. The Balaban J connectivity index is 1.10. The lowest BCUT2D eigenvalue weighted by atomic mass is 10.0. The van der Waals surface area contributed by atoms with Crippen LogP contribution in [0.5, 0.6) is 0 Å². The summed E-state index contributed by atoms with van der Waals surface area (Å²) in [6.07, 6.45) is 0.854. The lowest BCUT2D eigenvalue weighted by molar-refractivity contribution is 0.0552. The quantitative estimate of drug-likeness (QED) is 0.652. The molecule has 3 aromatic carbocycles. The molecule has 0 aliphatic carbocycles. The van der Waals surface area contributed by atoms with Crippen LogP contribution in [0.25, 0.3) is 11.1 Å². The van der Waals surface area contributed by atoms with Crippen LogP contribution >= 0.6 is 0 Å². The molecule has 5 rings (SSSR count). The van der Waals surface area contributed by atoms with Crippen LogP contribution in [0.1, 0.15) is 27.1 Å². The highest BCUT2D eigenvalue weighted by molar-refractivity contribution is 5.95. The van der Waals surface area contributed by atoms with Crippen LogP contribution < -0.4 is 5.32 Å². The molecule has 0 saturated carbocycles. The highest BCUT2D eigenvalue weighted by atomic mass is 19.1. The molecule has 0 bridgehead atoms. The van der Waals surface area contributed by atoms with Gasteiger partial charge in [-0.05, 0) is 47.9 Å². The first-order chi connectivity index (χ1) is 16.1. The number of rotatable bonds is 5.